The van der Waals surface area contributed by atoms with E-state index >= 15 is 0 Å². The Morgan fingerprint density at radius 3 is 2.72 bits per heavy atom. The van der Waals surface area contributed by atoms with Gasteiger partial charge in [0.2, 0.25) is 0 Å². The Balaban J connectivity index is 2.02. The molecule has 104 valence electrons. The van der Waals surface area contributed by atoms with Crippen molar-refractivity contribution in [3.8, 4) is 0 Å². The van der Waals surface area contributed by atoms with Crippen LogP contribution in [0.2, 0.25) is 0 Å². The van der Waals surface area contributed by atoms with Crippen molar-refractivity contribution in [2.45, 2.75) is 51.0 Å². The maximum Gasteiger partial charge on any atom is 0.306 e. The first kappa shape index (κ1) is 13.8. The van der Waals surface area contributed by atoms with Gasteiger partial charge in [0.1, 0.15) is 0 Å². The number of carboxylic acids is 1. The van der Waals surface area contributed by atoms with Crippen molar-refractivity contribution in [3.63, 3.8) is 0 Å². The number of rotatable bonds is 4. The standard InChI is InChI=1S/C14H24O4/c1-2-3-12(13(15)16)11-4-7-18-14(10-11)5-8-17-9-6-14/h11-12H,2-10H2,1H3,(H,15,16). The summed E-state index contributed by atoms with van der Waals surface area (Å²) < 4.78 is 11.4. The highest BCUT2D eigenvalue weighted by atomic mass is 16.5. The van der Waals surface area contributed by atoms with Crippen molar-refractivity contribution in [1.29, 1.82) is 0 Å². The molecule has 0 aromatic heterocycles. The first-order chi connectivity index (χ1) is 8.67. The zero-order valence-corrected chi connectivity index (χ0v) is 11.2. The van der Waals surface area contributed by atoms with Crippen LogP contribution in [-0.2, 0) is 14.3 Å². The smallest absolute Gasteiger partial charge is 0.306 e. The molecule has 1 spiro atoms. The normalized spacial score (nSPS) is 29.1. The van der Waals surface area contributed by atoms with Gasteiger partial charge in [-0.25, -0.2) is 0 Å². The fourth-order valence-electron chi connectivity index (χ4n) is 3.37. The monoisotopic (exact) mass is 256 g/mol. The van der Waals surface area contributed by atoms with E-state index in [1.54, 1.807) is 0 Å². The summed E-state index contributed by atoms with van der Waals surface area (Å²) in [6.45, 7) is 4.26. The molecule has 2 atom stereocenters. The molecule has 1 N–H and O–H groups in total. The summed E-state index contributed by atoms with van der Waals surface area (Å²) in [6.07, 6.45) is 5.34. The van der Waals surface area contributed by atoms with Gasteiger partial charge in [-0.2, -0.15) is 0 Å². The molecule has 0 bridgehead atoms. The van der Waals surface area contributed by atoms with E-state index in [0.29, 0.717) is 6.61 Å². The van der Waals surface area contributed by atoms with Crippen LogP contribution in [0.4, 0.5) is 0 Å². The lowest BCUT2D eigenvalue weighted by Gasteiger charge is -2.44. The Morgan fingerprint density at radius 1 is 1.39 bits per heavy atom. The first-order valence-corrected chi connectivity index (χ1v) is 7.11. The zero-order chi connectivity index (χ0) is 13.0. The molecule has 0 aromatic carbocycles. The van der Waals surface area contributed by atoms with Crippen molar-refractivity contribution >= 4 is 5.97 Å². The average Bonchev–Trinajstić information content (AvgIpc) is 2.36. The van der Waals surface area contributed by atoms with Gasteiger partial charge in [-0.3, -0.25) is 4.79 Å². The number of aliphatic carboxylic acids is 1. The summed E-state index contributed by atoms with van der Waals surface area (Å²) >= 11 is 0. The Kier molecular flexibility index (Phi) is 4.62. The largest absolute Gasteiger partial charge is 0.481 e. The summed E-state index contributed by atoms with van der Waals surface area (Å²) in [7, 11) is 0. The SMILES string of the molecule is CCCC(C(=O)O)C1CCOC2(CCOCC2)C1. The number of hydrogen-bond acceptors (Lipinski definition) is 3. The van der Waals surface area contributed by atoms with Gasteiger partial charge in [0.05, 0.1) is 11.5 Å². The molecule has 4 nitrogen and oxygen atoms in total. The van der Waals surface area contributed by atoms with E-state index in [-0.39, 0.29) is 17.4 Å². The Labute approximate surface area is 109 Å². The van der Waals surface area contributed by atoms with Gasteiger partial charge >= 0.3 is 5.97 Å². The molecule has 18 heavy (non-hydrogen) atoms. The van der Waals surface area contributed by atoms with Crippen LogP contribution in [0.15, 0.2) is 0 Å². The number of carbonyl (C=O) groups is 1. The molecule has 0 aromatic rings. The molecular weight excluding hydrogens is 232 g/mol. The van der Waals surface area contributed by atoms with Crippen LogP contribution in [0.25, 0.3) is 0 Å². The van der Waals surface area contributed by atoms with Crippen LogP contribution >= 0.6 is 0 Å². The van der Waals surface area contributed by atoms with Gasteiger partial charge in [0.15, 0.2) is 0 Å². The van der Waals surface area contributed by atoms with E-state index in [1.165, 1.54) is 0 Å². The topological polar surface area (TPSA) is 55.8 Å². The second kappa shape index (κ2) is 6.02. The molecule has 0 aliphatic carbocycles. The third kappa shape index (κ3) is 3.04. The molecule has 2 aliphatic rings. The fourth-order valence-corrected chi connectivity index (χ4v) is 3.37. The Bertz CT molecular complexity index is 278. The predicted molar refractivity (Wildman–Crippen MR) is 67.5 cm³/mol. The molecule has 0 saturated carbocycles. The van der Waals surface area contributed by atoms with Crippen molar-refractivity contribution in [1.82, 2.24) is 0 Å². The Hall–Kier alpha value is -0.610. The summed E-state index contributed by atoms with van der Waals surface area (Å²) in [5.74, 6) is -0.557. The van der Waals surface area contributed by atoms with Gasteiger partial charge in [-0.1, -0.05) is 13.3 Å². The van der Waals surface area contributed by atoms with Gasteiger partial charge < -0.3 is 14.6 Å². The molecule has 2 saturated heterocycles. The second-order valence-electron chi connectivity index (χ2n) is 5.63. The van der Waals surface area contributed by atoms with Crippen LogP contribution in [0, 0.1) is 11.8 Å². The molecule has 2 rings (SSSR count). The maximum atomic E-state index is 11.4. The third-order valence-electron chi connectivity index (χ3n) is 4.42. The highest BCUT2D eigenvalue weighted by molar-refractivity contribution is 5.70. The molecular formula is C14H24O4. The van der Waals surface area contributed by atoms with Crippen LogP contribution in [-0.4, -0.2) is 36.5 Å². The van der Waals surface area contributed by atoms with Crippen molar-refractivity contribution in [3.05, 3.63) is 0 Å². The molecule has 2 heterocycles. The fraction of sp³-hybridized carbons (Fsp3) is 0.929. The molecule has 4 heteroatoms. The summed E-state index contributed by atoms with van der Waals surface area (Å²) in [4.78, 5) is 11.4. The zero-order valence-electron chi connectivity index (χ0n) is 11.2. The highest BCUT2D eigenvalue weighted by Gasteiger charge is 2.42. The molecule has 2 aliphatic heterocycles. The van der Waals surface area contributed by atoms with Gasteiger partial charge in [-0.15, -0.1) is 0 Å². The summed E-state index contributed by atoms with van der Waals surface area (Å²) in [6, 6.07) is 0. The third-order valence-corrected chi connectivity index (χ3v) is 4.42. The van der Waals surface area contributed by atoms with E-state index in [1.807, 2.05) is 0 Å². The van der Waals surface area contributed by atoms with Crippen LogP contribution < -0.4 is 0 Å². The lowest BCUT2D eigenvalue weighted by Crippen LogP contribution is -2.46. The van der Waals surface area contributed by atoms with E-state index in [4.69, 9.17) is 9.47 Å². The van der Waals surface area contributed by atoms with E-state index in [0.717, 1.165) is 51.7 Å². The minimum Gasteiger partial charge on any atom is -0.481 e. The minimum atomic E-state index is -0.633. The van der Waals surface area contributed by atoms with Crippen LogP contribution in [0.1, 0.15) is 45.4 Å². The van der Waals surface area contributed by atoms with Gasteiger partial charge in [0, 0.05) is 19.8 Å². The summed E-state index contributed by atoms with van der Waals surface area (Å²) in [5.41, 5.74) is -0.0946. The number of carboxylic acid groups (broad SMARTS) is 1. The molecule has 0 radical (unpaired) electrons. The van der Waals surface area contributed by atoms with Gasteiger partial charge in [-0.05, 0) is 38.0 Å². The predicted octanol–water partition coefficient (Wildman–Crippen LogP) is 2.46. The van der Waals surface area contributed by atoms with Crippen LogP contribution in [0.3, 0.4) is 0 Å². The van der Waals surface area contributed by atoms with E-state index in [2.05, 4.69) is 6.92 Å². The average molecular weight is 256 g/mol. The quantitative estimate of drug-likeness (QED) is 0.839. The first-order valence-electron chi connectivity index (χ1n) is 7.11. The van der Waals surface area contributed by atoms with Crippen molar-refractivity contribution < 1.29 is 19.4 Å². The molecule has 2 unspecified atom stereocenters. The lowest BCUT2D eigenvalue weighted by atomic mass is 9.74. The Morgan fingerprint density at radius 2 is 2.11 bits per heavy atom. The molecule has 0 amide bonds. The maximum absolute atomic E-state index is 11.4. The number of ether oxygens (including phenoxy) is 2. The lowest BCUT2D eigenvalue weighted by molar-refractivity contribution is -0.163. The van der Waals surface area contributed by atoms with Crippen molar-refractivity contribution in [2.75, 3.05) is 19.8 Å². The molecule has 2 fully saturated rings. The van der Waals surface area contributed by atoms with Crippen molar-refractivity contribution in [2.24, 2.45) is 11.8 Å². The second-order valence-corrected chi connectivity index (χ2v) is 5.63. The minimum absolute atomic E-state index is 0.0946. The van der Waals surface area contributed by atoms with E-state index in [9.17, 15) is 9.90 Å². The van der Waals surface area contributed by atoms with E-state index < -0.39 is 5.97 Å². The summed E-state index contributed by atoms with van der Waals surface area (Å²) in [5, 5.41) is 9.38. The van der Waals surface area contributed by atoms with Gasteiger partial charge in [0.25, 0.3) is 0 Å². The number of hydrogen-bond donors (Lipinski definition) is 1. The highest BCUT2D eigenvalue weighted by Crippen LogP contribution is 2.40. The van der Waals surface area contributed by atoms with Crippen LogP contribution in [0.5, 0.6) is 0 Å².